The number of piperazine rings is 1. The number of carbonyl (C=O) groups excluding carboxylic acids is 3. The van der Waals surface area contributed by atoms with E-state index in [0.29, 0.717) is 65.2 Å². The fourth-order valence-electron chi connectivity index (χ4n) is 7.00. The van der Waals surface area contributed by atoms with Gasteiger partial charge in [0.05, 0.1) is 17.2 Å². The van der Waals surface area contributed by atoms with Gasteiger partial charge in [-0.15, -0.1) is 0 Å². The lowest BCUT2D eigenvalue weighted by molar-refractivity contribution is -0.143. The summed E-state index contributed by atoms with van der Waals surface area (Å²) >= 11 is 5.96. The lowest BCUT2D eigenvalue weighted by Crippen LogP contribution is -2.55. The number of nitrogens with one attached hydrogen (secondary N) is 1. The molecule has 0 saturated carbocycles. The van der Waals surface area contributed by atoms with Gasteiger partial charge in [0.25, 0.3) is 5.91 Å². The molecular weight excluding hydrogens is 655 g/mol. The second-order valence-electron chi connectivity index (χ2n) is 12.7. The van der Waals surface area contributed by atoms with Crippen molar-refractivity contribution in [2.75, 3.05) is 64.3 Å². The summed E-state index contributed by atoms with van der Waals surface area (Å²) in [5, 5.41) is 12.4. The molecule has 0 bridgehead atoms. The molecule has 0 spiro atoms. The molecule has 4 heterocycles. The van der Waals surface area contributed by atoms with Gasteiger partial charge in [-0.2, -0.15) is 13.2 Å². The first-order valence-corrected chi connectivity index (χ1v) is 16.7. The van der Waals surface area contributed by atoms with Gasteiger partial charge in [-0.25, -0.2) is 9.59 Å². The predicted molar refractivity (Wildman–Crippen MR) is 170 cm³/mol. The van der Waals surface area contributed by atoms with Crippen molar-refractivity contribution < 1.29 is 42.1 Å². The number of amides is 4. The lowest BCUT2D eigenvalue weighted by atomic mass is 10.0. The Balaban J connectivity index is 1.12. The molecule has 0 radical (unpaired) electrons. The van der Waals surface area contributed by atoms with E-state index in [4.69, 9.17) is 21.1 Å². The van der Waals surface area contributed by atoms with Gasteiger partial charge in [0.2, 0.25) is 0 Å². The Morgan fingerprint density at radius 3 is 2.42 bits per heavy atom. The van der Waals surface area contributed by atoms with Crippen molar-refractivity contribution in [3.8, 4) is 5.75 Å². The van der Waals surface area contributed by atoms with Gasteiger partial charge in [-0.1, -0.05) is 29.8 Å². The zero-order valence-electron chi connectivity index (χ0n) is 26.4. The number of nitrogens with zero attached hydrogens (tertiary/aromatic N) is 4. The number of hydrogen-bond acceptors (Lipinski definition) is 7. The molecule has 6 rings (SSSR count). The largest absolute Gasteiger partial charge is 0.506 e. The van der Waals surface area contributed by atoms with E-state index in [9.17, 15) is 32.7 Å². The van der Waals surface area contributed by atoms with Crippen LogP contribution in [0.15, 0.2) is 36.4 Å². The van der Waals surface area contributed by atoms with E-state index in [-0.39, 0.29) is 43.2 Å². The summed E-state index contributed by atoms with van der Waals surface area (Å²) in [6, 6.07) is 9.49. The molecule has 2 N–H and O–H groups in total. The fraction of sp³-hybridized carbons (Fsp3) is 0.545. The summed E-state index contributed by atoms with van der Waals surface area (Å²) in [7, 11) is 0. The number of carbonyl (C=O) groups is 3. The molecule has 4 aliphatic heterocycles. The molecule has 4 aliphatic rings. The van der Waals surface area contributed by atoms with E-state index in [1.165, 1.54) is 4.90 Å². The predicted octanol–water partition coefficient (Wildman–Crippen LogP) is 4.60. The van der Waals surface area contributed by atoms with Crippen LogP contribution in [0.4, 0.5) is 28.4 Å². The normalized spacial score (nSPS) is 21.8. The van der Waals surface area contributed by atoms with Gasteiger partial charge in [-0.05, 0) is 55.0 Å². The summed E-state index contributed by atoms with van der Waals surface area (Å²) < 4.78 is 52.3. The van der Waals surface area contributed by atoms with E-state index in [1.807, 2.05) is 24.3 Å². The van der Waals surface area contributed by atoms with Gasteiger partial charge in [-0.3, -0.25) is 9.69 Å². The zero-order chi connectivity index (χ0) is 34.0. The Bertz CT molecular complexity index is 1510. The Kier molecular flexibility index (Phi) is 10.2. The number of anilines is 1. The highest BCUT2D eigenvalue weighted by Crippen LogP contribution is 2.40. The molecule has 4 amide bonds. The van der Waals surface area contributed by atoms with Crippen molar-refractivity contribution in [2.45, 2.75) is 56.5 Å². The first-order chi connectivity index (χ1) is 23.0. The molecule has 2 aromatic rings. The van der Waals surface area contributed by atoms with Gasteiger partial charge >= 0.3 is 18.3 Å². The third kappa shape index (κ3) is 7.60. The van der Waals surface area contributed by atoms with Crippen molar-refractivity contribution in [1.29, 1.82) is 0 Å². The summed E-state index contributed by atoms with van der Waals surface area (Å²) in [5.74, 6) is -1.62. The van der Waals surface area contributed by atoms with Crippen LogP contribution in [0.1, 0.15) is 36.0 Å². The van der Waals surface area contributed by atoms with Crippen LogP contribution in [0.25, 0.3) is 0 Å². The maximum Gasteiger partial charge on any atom is 0.420 e. The molecule has 0 aromatic heterocycles. The molecule has 260 valence electrons. The number of para-hydroxylation sites is 1. The standard InChI is InChI=1S/C33H39ClF3N5O6/c34-26-18-21(17-25(29(26)43)33(35,36)37)19-28(30(44)40-14-12-39(13-15-40)24-8-16-47-20-24)48-32(46)41-9-6-23(7-10-41)42-11-5-22-3-1-2-4-27(22)38-31(42)45/h1-4,17-18,23-24,28,43H,5-16,19-20H2,(H,38,45)/t24?,28-/m1/s1. The highest BCUT2D eigenvalue weighted by Gasteiger charge is 2.38. The van der Waals surface area contributed by atoms with Crippen LogP contribution in [0, 0.1) is 0 Å². The van der Waals surface area contributed by atoms with Crippen LogP contribution in [-0.2, 0) is 33.3 Å². The maximum atomic E-state index is 13.8. The molecule has 1 unspecified atom stereocenters. The van der Waals surface area contributed by atoms with Crippen LogP contribution in [0.5, 0.6) is 5.75 Å². The smallest absolute Gasteiger partial charge is 0.420 e. The number of halogens is 4. The first kappa shape index (κ1) is 34.1. The van der Waals surface area contributed by atoms with Crippen LogP contribution >= 0.6 is 11.6 Å². The Labute approximate surface area is 281 Å². The number of fused-ring (bicyclic) bond motifs is 1. The van der Waals surface area contributed by atoms with Crippen molar-refractivity contribution >= 4 is 35.3 Å². The van der Waals surface area contributed by atoms with Crippen molar-refractivity contribution in [3.05, 3.63) is 58.1 Å². The molecule has 11 nitrogen and oxygen atoms in total. The van der Waals surface area contributed by atoms with Crippen LogP contribution in [-0.4, -0.2) is 120 Å². The number of piperidine rings is 1. The van der Waals surface area contributed by atoms with Crippen LogP contribution in [0.3, 0.4) is 0 Å². The number of aromatic hydroxyl groups is 1. The summed E-state index contributed by atoms with van der Waals surface area (Å²) in [6.45, 7) is 4.29. The number of rotatable bonds is 6. The van der Waals surface area contributed by atoms with E-state index >= 15 is 0 Å². The average molecular weight is 694 g/mol. The number of ether oxygens (including phenoxy) is 2. The minimum absolute atomic E-state index is 0.00936. The third-order valence-corrected chi connectivity index (χ3v) is 10.0. The lowest BCUT2D eigenvalue weighted by Gasteiger charge is -2.39. The topological polar surface area (TPSA) is 115 Å². The Hall–Kier alpha value is -3.75. The van der Waals surface area contributed by atoms with Gasteiger partial charge in [0.15, 0.2) is 6.10 Å². The second-order valence-corrected chi connectivity index (χ2v) is 13.1. The Morgan fingerprint density at radius 1 is 1.00 bits per heavy atom. The molecule has 2 atom stereocenters. The minimum Gasteiger partial charge on any atom is -0.506 e. The summed E-state index contributed by atoms with van der Waals surface area (Å²) in [6.07, 6.45) is -4.85. The SMILES string of the molecule is O=C(O[C@H](Cc1cc(Cl)c(O)c(C(F)(F)F)c1)C(=O)N1CCN(C2CCOC2)CC1)N1CCC(N2CCc3ccccc3NC2=O)CC1. The van der Waals surface area contributed by atoms with Crippen LogP contribution in [0.2, 0.25) is 5.02 Å². The molecular formula is C33H39ClF3N5O6. The van der Waals surface area contributed by atoms with Gasteiger partial charge < -0.3 is 34.6 Å². The highest BCUT2D eigenvalue weighted by molar-refractivity contribution is 6.32. The van der Waals surface area contributed by atoms with Gasteiger partial charge in [0, 0.05) is 76.6 Å². The highest BCUT2D eigenvalue weighted by atomic mass is 35.5. The number of hydrogen-bond donors (Lipinski definition) is 2. The van der Waals surface area contributed by atoms with Crippen molar-refractivity contribution in [3.63, 3.8) is 0 Å². The molecule has 48 heavy (non-hydrogen) atoms. The average Bonchev–Trinajstić information content (AvgIpc) is 3.56. The van der Waals surface area contributed by atoms with E-state index in [1.54, 1.807) is 9.80 Å². The number of phenols is 1. The second kappa shape index (κ2) is 14.4. The zero-order valence-corrected chi connectivity index (χ0v) is 27.1. The van der Waals surface area contributed by atoms with E-state index in [2.05, 4.69) is 10.2 Å². The van der Waals surface area contributed by atoms with Gasteiger partial charge in [0.1, 0.15) is 5.75 Å². The number of alkyl halides is 3. The molecule has 3 fully saturated rings. The third-order valence-electron chi connectivity index (χ3n) is 9.72. The van der Waals surface area contributed by atoms with Crippen LogP contribution < -0.4 is 5.32 Å². The molecule has 15 heteroatoms. The monoisotopic (exact) mass is 693 g/mol. The number of likely N-dealkylation sites (tertiary alicyclic amines) is 1. The Morgan fingerprint density at radius 2 is 1.73 bits per heavy atom. The summed E-state index contributed by atoms with van der Waals surface area (Å²) in [5.41, 5.74) is 0.492. The summed E-state index contributed by atoms with van der Waals surface area (Å²) in [4.78, 5) is 47.4. The van der Waals surface area contributed by atoms with E-state index in [0.717, 1.165) is 29.8 Å². The van der Waals surface area contributed by atoms with E-state index < -0.39 is 40.6 Å². The number of benzene rings is 2. The minimum atomic E-state index is -4.89. The first-order valence-electron chi connectivity index (χ1n) is 16.3. The quantitative estimate of drug-likeness (QED) is 0.455. The molecule has 3 saturated heterocycles. The maximum absolute atomic E-state index is 13.8. The molecule has 2 aromatic carbocycles. The number of urea groups is 1. The number of phenolic OH excluding ortho intramolecular Hbond substituents is 1. The van der Waals surface area contributed by atoms with Crippen molar-refractivity contribution in [2.24, 2.45) is 0 Å². The molecule has 0 aliphatic carbocycles. The fourth-order valence-corrected chi connectivity index (χ4v) is 7.24. The van der Waals surface area contributed by atoms with Crippen molar-refractivity contribution in [1.82, 2.24) is 19.6 Å².